The molecule has 0 fully saturated rings. The summed E-state index contributed by atoms with van der Waals surface area (Å²) in [5.41, 5.74) is 8.20. The fourth-order valence-corrected chi connectivity index (χ4v) is 1.83. The second-order valence-electron chi connectivity index (χ2n) is 5.38. The standard InChI is InChI=1S/C13H19N3/c1-9(14)10-5-6-11-7-15-12(13(2,3)4)16(11)8-10/h5-9H,14H2,1-4H3. The maximum atomic E-state index is 5.90. The maximum Gasteiger partial charge on any atom is 0.118 e. The average molecular weight is 217 g/mol. The predicted octanol–water partition coefficient (Wildman–Crippen LogP) is 2.65. The normalized spacial score (nSPS) is 14.3. The number of aromatic nitrogens is 2. The summed E-state index contributed by atoms with van der Waals surface area (Å²) in [5, 5.41) is 0. The number of hydrogen-bond acceptors (Lipinski definition) is 2. The van der Waals surface area contributed by atoms with E-state index in [4.69, 9.17) is 5.73 Å². The van der Waals surface area contributed by atoms with Gasteiger partial charge in [0.1, 0.15) is 5.82 Å². The average Bonchev–Trinajstić information content (AvgIpc) is 2.58. The molecular weight excluding hydrogens is 198 g/mol. The van der Waals surface area contributed by atoms with Crippen LogP contribution in [0.3, 0.4) is 0 Å². The molecule has 3 heteroatoms. The number of hydrogen-bond donors (Lipinski definition) is 1. The van der Waals surface area contributed by atoms with Crippen LogP contribution in [0, 0.1) is 0 Å². The molecule has 1 atom stereocenters. The van der Waals surface area contributed by atoms with E-state index in [0.29, 0.717) is 0 Å². The van der Waals surface area contributed by atoms with Crippen LogP contribution in [0.25, 0.3) is 5.52 Å². The molecule has 0 amide bonds. The molecule has 2 heterocycles. The Kier molecular flexibility index (Phi) is 2.50. The summed E-state index contributed by atoms with van der Waals surface area (Å²) in [6.07, 6.45) is 4.00. The van der Waals surface area contributed by atoms with Gasteiger partial charge in [-0.25, -0.2) is 4.98 Å². The van der Waals surface area contributed by atoms with Crippen molar-refractivity contribution in [2.45, 2.75) is 39.2 Å². The molecule has 0 radical (unpaired) electrons. The van der Waals surface area contributed by atoms with Crippen molar-refractivity contribution >= 4 is 5.52 Å². The number of fused-ring (bicyclic) bond motifs is 1. The first-order valence-corrected chi connectivity index (χ1v) is 5.62. The van der Waals surface area contributed by atoms with Crippen LogP contribution in [0.4, 0.5) is 0 Å². The smallest absolute Gasteiger partial charge is 0.118 e. The molecule has 0 saturated heterocycles. The molecule has 2 N–H and O–H groups in total. The molecule has 0 aliphatic rings. The molecule has 0 aromatic carbocycles. The second kappa shape index (κ2) is 3.59. The Bertz CT molecular complexity index is 503. The fraction of sp³-hybridized carbons (Fsp3) is 0.462. The van der Waals surface area contributed by atoms with Crippen LogP contribution in [0.5, 0.6) is 0 Å². The van der Waals surface area contributed by atoms with Crippen LogP contribution in [0.2, 0.25) is 0 Å². The summed E-state index contributed by atoms with van der Waals surface area (Å²) < 4.78 is 2.14. The van der Waals surface area contributed by atoms with Gasteiger partial charge in [0.25, 0.3) is 0 Å². The third kappa shape index (κ3) is 1.83. The number of nitrogens with zero attached hydrogens (tertiary/aromatic N) is 2. The van der Waals surface area contributed by atoms with Gasteiger partial charge >= 0.3 is 0 Å². The van der Waals surface area contributed by atoms with Crippen LogP contribution in [-0.2, 0) is 5.41 Å². The van der Waals surface area contributed by atoms with Gasteiger partial charge in [0.05, 0.1) is 11.7 Å². The topological polar surface area (TPSA) is 43.3 Å². The van der Waals surface area contributed by atoms with Gasteiger partial charge in [-0.2, -0.15) is 0 Å². The van der Waals surface area contributed by atoms with Gasteiger partial charge in [0.2, 0.25) is 0 Å². The van der Waals surface area contributed by atoms with Crippen LogP contribution in [0.15, 0.2) is 24.5 Å². The van der Waals surface area contributed by atoms with E-state index in [-0.39, 0.29) is 11.5 Å². The van der Waals surface area contributed by atoms with E-state index in [1.165, 1.54) is 0 Å². The Hall–Kier alpha value is -1.35. The highest BCUT2D eigenvalue weighted by molar-refractivity contribution is 5.48. The van der Waals surface area contributed by atoms with Crippen molar-refractivity contribution in [3.63, 3.8) is 0 Å². The molecular formula is C13H19N3. The molecule has 0 aliphatic carbocycles. The summed E-state index contributed by atoms with van der Waals surface area (Å²) in [6.45, 7) is 8.50. The highest BCUT2D eigenvalue weighted by atomic mass is 15.0. The van der Waals surface area contributed by atoms with E-state index in [0.717, 1.165) is 16.9 Å². The van der Waals surface area contributed by atoms with Crippen molar-refractivity contribution < 1.29 is 0 Å². The summed E-state index contributed by atoms with van der Waals surface area (Å²) in [4.78, 5) is 4.49. The van der Waals surface area contributed by atoms with Crippen LogP contribution in [0.1, 0.15) is 45.1 Å². The van der Waals surface area contributed by atoms with Crippen molar-refractivity contribution in [1.82, 2.24) is 9.38 Å². The number of imidazole rings is 1. The zero-order valence-corrected chi connectivity index (χ0v) is 10.4. The minimum atomic E-state index is 0.0445. The highest BCUT2D eigenvalue weighted by Crippen LogP contribution is 2.23. The molecule has 2 aromatic heterocycles. The lowest BCUT2D eigenvalue weighted by atomic mass is 9.96. The van der Waals surface area contributed by atoms with E-state index in [9.17, 15) is 0 Å². The van der Waals surface area contributed by atoms with Gasteiger partial charge in [0, 0.05) is 17.7 Å². The third-order valence-electron chi connectivity index (χ3n) is 2.75. The van der Waals surface area contributed by atoms with Gasteiger partial charge < -0.3 is 10.1 Å². The van der Waals surface area contributed by atoms with Gasteiger partial charge in [-0.15, -0.1) is 0 Å². The Morgan fingerprint density at radius 3 is 2.56 bits per heavy atom. The van der Waals surface area contributed by atoms with Gasteiger partial charge in [0.15, 0.2) is 0 Å². The molecule has 0 bridgehead atoms. The van der Waals surface area contributed by atoms with E-state index >= 15 is 0 Å². The van der Waals surface area contributed by atoms with Crippen LogP contribution < -0.4 is 5.73 Å². The number of nitrogens with two attached hydrogens (primary N) is 1. The molecule has 2 rings (SSSR count). The minimum absolute atomic E-state index is 0.0445. The summed E-state index contributed by atoms with van der Waals surface area (Å²) in [6, 6.07) is 4.19. The molecule has 0 aliphatic heterocycles. The molecule has 86 valence electrons. The van der Waals surface area contributed by atoms with E-state index < -0.39 is 0 Å². The van der Waals surface area contributed by atoms with Crippen molar-refractivity contribution in [3.05, 3.63) is 35.9 Å². The fourth-order valence-electron chi connectivity index (χ4n) is 1.83. The summed E-state index contributed by atoms with van der Waals surface area (Å²) in [5.74, 6) is 1.07. The van der Waals surface area contributed by atoms with Gasteiger partial charge in [-0.1, -0.05) is 26.8 Å². The molecule has 3 nitrogen and oxygen atoms in total. The first-order valence-electron chi connectivity index (χ1n) is 5.62. The van der Waals surface area contributed by atoms with E-state index in [1.807, 2.05) is 13.1 Å². The van der Waals surface area contributed by atoms with Crippen molar-refractivity contribution in [2.75, 3.05) is 0 Å². The largest absolute Gasteiger partial charge is 0.324 e. The zero-order chi connectivity index (χ0) is 11.9. The number of rotatable bonds is 1. The Balaban J connectivity index is 2.65. The van der Waals surface area contributed by atoms with E-state index in [2.05, 4.69) is 48.5 Å². The molecule has 0 saturated carbocycles. The Morgan fingerprint density at radius 2 is 2.00 bits per heavy atom. The zero-order valence-electron chi connectivity index (χ0n) is 10.4. The Labute approximate surface area is 96.3 Å². The van der Waals surface area contributed by atoms with Crippen molar-refractivity contribution in [2.24, 2.45) is 5.73 Å². The quantitative estimate of drug-likeness (QED) is 0.798. The third-order valence-corrected chi connectivity index (χ3v) is 2.75. The van der Waals surface area contributed by atoms with Crippen molar-refractivity contribution in [3.8, 4) is 0 Å². The van der Waals surface area contributed by atoms with Gasteiger partial charge in [-0.05, 0) is 18.6 Å². The van der Waals surface area contributed by atoms with E-state index in [1.54, 1.807) is 0 Å². The molecule has 2 aromatic rings. The molecule has 16 heavy (non-hydrogen) atoms. The lowest BCUT2D eigenvalue weighted by Gasteiger charge is -2.17. The Morgan fingerprint density at radius 1 is 1.31 bits per heavy atom. The predicted molar refractivity (Wildman–Crippen MR) is 66.5 cm³/mol. The molecule has 1 unspecified atom stereocenters. The lowest BCUT2D eigenvalue weighted by Crippen LogP contribution is -2.16. The number of pyridine rings is 1. The van der Waals surface area contributed by atoms with Gasteiger partial charge in [-0.3, -0.25) is 0 Å². The second-order valence-corrected chi connectivity index (χ2v) is 5.38. The van der Waals surface area contributed by atoms with Crippen LogP contribution in [-0.4, -0.2) is 9.38 Å². The van der Waals surface area contributed by atoms with Crippen LogP contribution >= 0.6 is 0 Å². The SMILES string of the molecule is CC(N)c1ccc2cnc(C(C)(C)C)n2c1. The summed E-state index contributed by atoms with van der Waals surface area (Å²) >= 11 is 0. The minimum Gasteiger partial charge on any atom is -0.324 e. The maximum absolute atomic E-state index is 5.90. The van der Waals surface area contributed by atoms with Crippen molar-refractivity contribution in [1.29, 1.82) is 0 Å². The lowest BCUT2D eigenvalue weighted by molar-refractivity contribution is 0.542. The first kappa shape index (κ1) is 11.1. The molecule has 0 spiro atoms. The highest BCUT2D eigenvalue weighted by Gasteiger charge is 2.19. The first-order chi connectivity index (χ1) is 7.39. The monoisotopic (exact) mass is 217 g/mol. The summed E-state index contributed by atoms with van der Waals surface area (Å²) in [7, 11) is 0.